The van der Waals surface area contributed by atoms with Crippen LogP contribution < -0.4 is 21.5 Å². The summed E-state index contributed by atoms with van der Waals surface area (Å²) < 4.78 is 0. The normalized spacial score (nSPS) is 9.00. The molecule has 0 saturated heterocycles. The molecule has 0 heterocycles. The van der Waals surface area contributed by atoms with Crippen LogP contribution in [0.3, 0.4) is 0 Å². The van der Waals surface area contributed by atoms with Gasteiger partial charge in [0.25, 0.3) is 0 Å². The van der Waals surface area contributed by atoms with Gasteiger partial charge >= 0.3 is 6.03 Å². The maximum Gasteiger partial charge on any atom is 0.343 e. The lowest BCUT2D eigenvalue weighted by molar-refractivity contribution is 0.240. The number of carbonyl (C=O) groups excluding carboxylic acids is 1. The zero-order valence-electron chi connectivity index (χ0n) is 5.81. The van der Waals surface area contributed by atoms with Crippen LogP contribution in [-0.2, 0) is 0 Å². The number of amides is 2. The summed E-state index contributed by atoms with van der Waals surface area (Å²) in [7, 11) is 0. The first-order valence-corrected chi connectivity index (χ1v) is 3.93. The SMILES string of the molecule is CCCSNNC(=O)NN. The smallest absolute Gasteiger partial charge is 0.275 e. The minimum atomic E-state index is -0.441. The Morgan fingerprint density at radius 2 is 2.40 bits per heavy atom. The maximum absolute atomic E-state index is 10.4. The third-order valence-corrected chi connectivity index (χ3v) is 1.53. The second kappa shape index (κ2) is 6.66. The number of hydrazine groups is 2. The number of rotatable bonds is 4. The summed E-state index contributed by atoms with van der Waals surface area (Å²) >= 11 is 1.42. The average molecular weight is 164 g/mol. The fourth-order valence-corrected chi connectivity index (χ4v) is 0.743. The van der Waals surface area contributed by atoms with Crippen LogP contribution in [0.15, 0.2) is 0 Å². The zero-order chi connectivity index (χ0) is 7.82. The van der Waals surface area contributed by atoms with E-state index in [0.717, 1.165) is 12.2 Å². The van der Waals surface area contributed by atoms with E-state index in [9.17, 15) is 4.79 Å². The van der Waals surface area contributed by atoms with Crippen LogP contribution in [0.5, 0.6) is 0 Å². The highest BCUT2D eigenvalue weighted by Crippen LogP contribution is 1.91. The van der Waals surface area contributed by atoms with Gasteiger partial charge in [0.15, 0.2) is 0 Å². The lowest BCUT2D eigenvalue weighted by Crippen LogP contribution is -2.44. The summed E-state index contributed by atoms with van der Waals surface area (Å²) in [6, 6.07) is -0.441. The van der Waals surface area contributed by atoms with Crippen LogP contribution in [0, 0.1) is 0 Å². The van der Waals surface area contributed by atoms with Gasteiger partial charge in [0.2, 0.25) is 0 Å². The lowest BCUT2D eigenvalue weighted by Gasteiger charge is -2.03. The fourth-order valence-electron chi connectivity index (χ4n) is 0.272. The second-order valence-electron chi connectivity index (χ2n) is 1.55. The quantitative estimate of drug-likeness (QED) is 0.151. The Kier molecular flexibility index (Phi) is 6.35. The monoisotopic (exact) mass is 164 g/mol. The van der Waals surface area contributed by atoms with Gasteiger partial charge in [0.05, 0.1) is 0 Å². The van der Waals surface area contributed by atoms with E-state index in [1.165, 1.54) is 11.9 Å². The number of carbonyl (C=O) groups is 1. The van der Waals surface area contributed by atoms with Gasteiger partial charge in [-0.15, -0.1) is 0 Å². The van der Waals surface area contributed by atoms with Crippen molar-refractivity contribution >= 4 is 18.0 Å². The molecular weight excluding hydrogens is 152 g/mol. The lowest BCUT2D eigenvalue weighted by atomic mass is 10.6. The van der Waals surface area contributed by atoms with Crippen LogP contribution >= 0.6 is 11.9 Å². The molecule has 6 heteroatoms. The van der Waals surface area contributed by atoms with Crippen molar-refractivity contribution in [2.24, 2.45) is 5.84 Å². The van der Waals surface area contributed by atoms with Gasteiger partial charge in [-0.3, -0.25) is 10.9 Å². The molecular formula is C4H12N4OS. The molecule has 0 atom stereocenters. The average Bonchev–Trinajstić information content (AvgIpc) is 1.98. The molecule has 0 aliphatic carbocycles. The van der Waals surface area contributed by atoms with Crippen molar-refractivity contribution in [2.75, 3.05) is 5.75 Å². The summed E-state index contributed by atoms with van der Waals surface area (Å²) in [5, 5.41) is 0. The van der Waals surface area contributed by atoms with Gasteiger partial charge in [0.1, 0.15) is 0 Å². The Balaban J connectivity index is 2.96. The summed E-state index contributed by atoms with van der Waals surface area (Å²) in [6.45, 7) is 2.05. The van der Waals surface area contributed by atoms with Crippen molar-refractivity contribution in [1.29, 1.82) is 0 Å². The van der Waals surface area contributed by atoms with Crippen molar-refractivity contribution in [2.45, 2.75) is 13.3 Å². The van der Waals surface area contributed by atoms with Crippen molar-refractivity contribution in [1.82, 2.24) is 15.7 Å². The highest BCUT2D eigenvalue weighted by Gasteiger charge is 1.91. The third-order valence-electron chi connectivity index (χ3n) is 0.674. The standard InChI is InChI=1S/C4H12N4OS/c1-2-3-10-8-7-4(9)6-5/h8H,2-3,5H2,1H3,(H2,6,7,9). The number of hydrogen-bond acceptors (Lipinski definition) is 4. The van der Waals surface area contributed by atoms with Crippen molar-refractivity contribution in [3.63, 3.8) is 0 Å². The number of urea groups is 1. The number of nitrogens with one attached hydrogen (secondary N) is 3. The molecule has 2 amide bonds. The molecule has 0 rings (SSSR count). The highest BCUT2D eigenvalue weighted by atomic mass is 32.2. The van der Waals surface area contributed by atoms with Crippen molar-refractivity contribution in [3.8, 4) is 0 Å². The molecule has 5 N–H and O–H groups in total. The maximum atomic E-state index is 10.4. The molecule has 0 aromatic carbocycles. The molecule has 0 fully saturated rings. The van der Waals surface area contributed by atoms with Crippen molar-refractivity contribution < 1.29 is 4.79 Å². The molecule has 0 aromatic heterocycles. The minimum absolute atomic E-state index is 0.441. The minimum Gasteiger partial charge on any atom is -0.275 e. The van der Waals surface area contributed by atoms with E-state index >= 15 is 0 Å². The van der Waals surface area contributed by atoms with Crippen LogP contribution in [0.4, 0.5) is 4.79 Å². The Hall–Kier alpha value is -0.460. The Morgan fingerprint density at radius 3 is 2.90 bits per heavy atom. The van der Waals surface area contributed by atoms with E-state index < -0.39 is 6.03 Å². The first-order valence-electron chi connectivity index (χ1n) is 2.94. The van der Waals surface area contributed by atoms with Gasteiger partial charge < -0.3 is 0 Å². The molecule has 60 valence electrons. The zero-order valence-corrected chi connectivity index (χ0v) is 6.62. The van der Waals surface area contributed by atoms with Gasteiger partial charge in [-0.25, -0.2) is 10.6 Å². The summed E-state index contributed by atoms with van der Waals surface area (Å²) in [5.41, 5.74) is 4.22. The first kappa shape index (κ1) is 9.54. The molecule has 0 bridgehead atoms. The molecule has 0 saturated carbocycles. The van der Waals surface area contributed by atoms with Gasteiger partial charge in [-0.2, -0.15) is 4.83 Å². The molecule has 5 nitrogen and oxygen atoms in total. The molecule has 0 radical (unpaired) electrons. The largest absolute Gasteiger partial charge is 0.343 e. The summed E-state index contributed by atoms with van der Waals surface area (Å²) in [5.74, 6) is 5.72. The van der Waals surface area contributed by atoms with Crippen molar-refractivity contribution in [3.05, 3.63) is 0 Å². The van der Waals surface area contributed by atoms with E-state index in [0.29, 0.717) is 0 Å². The highest BCUT2D eigenvalue weighted by molar-refractivity contribution is 7.97. The van der Waals surface area contributed by atoms with Gasteiger partial charge in [-0.05, 0) is 6.42 Å². The van der Waals surface area contributed by atoms with E-state index in [2.05, 4.69) is 17.2 Å². The summed E-state index contributed by atoms with van der Waals surface area (Å²) in [6.07, 6.45) is 1.06. The Labute approximate surface area is 64.2 Å². The van der Waals surface area contributed by atoms with Crippen LogP contribution in [-0.4, -0.2) is 11.8 Å². The number of hydrogen-bond donors (Lipinski definition) is 4. The molecule has 0 aliphatic rings. The second-order valence-corrected chi connectivity index (χ2v) is 2.45. The third kappa shape index (κ3) is 5.67. The van der Waals surface area contributed by atoms with Gasteiger partial charge in [0, 0.05) is 5.75 Å². The van der Waals surface area contributed by atoms with E-state index in [4.69, 9.17) is 5.84 Å². The first-order chi connectivity index (χ1) is 4.81. The van der Waals surface area contributed by atoms with E-state index in [1.807, 2.05) is 5.43 Å². The van der Waals surface area contributed by atoms with Crippen LogP contribution in [0.1, 0.15) is 13.3 Å². The van der Waals surface area contributed by atoms with Crippen LogP contribution in [0.25, 0.3) is 0 Å². The molecule has 10 heavy (non-hydrogen) atoms. The fraction of sp³-hybridized carbons (Fsp3) is 0.750. The van der Waals surface area contributed by atoms with E-state index in [-0.39, 0.29) is 0 Å². The molecule has 0 unspecified atom stereocenters. The topological polar surface area (TPSA) is 79.2 Å². The Morgan fingerprint density at radius 1 is 1.70 bits per heavy atom. The number of nitrogens with two attached hydrogens (primary N) is 1. The van der Waals surface area contributed by atoms with E-state index in [1.54, 1.807) is 0 Å². The van der Waals surface area contributed by atoms with Gasteiger partial charge in [-0.1, -0.05) is 18.9 Å². The molecule has 0 aromatic rings. The summed E-state index contributed by atoms with van der Waals surface area (Å²) in [4.78, 5) is 13.0. The van der Waals surface area contributed by atoms with Crippen LogP contribution in [0.2, 0.25) is 0 Å². The predicted molar refractivity (Wildman–Crippen MR) is 41.7 cm³/mol. The Bertz CT molecular complexity index is 99.3. The predicted octanol–water partition coefficient (Wildman–Crippen LogP) is -0.278. The molecule has 0 spiro atoms. The molecule has 0 aliphatic heterocycles.